The van der Waals surface area contributed by atoms with Gasteiger partial charge in [-0.15, -0.1) is 0 Å². The van der Waals surface area contributed by atoms with Crippen molar-refractivity contribution >= 4 is 44.0 Å². The zero-order valence-corrected chi connectivity index (χ0v) is 13.9. The van der Waals surface area contributed by atoms with Crippen molar-refractivity contribution in [1.82, 2.24) is 0 Å². The number of furan rings is 1. The van der Waals surface area contributed by atoms with E-state index in [0.717, 1.165) is 27.9 Å². The topological polar surface area (TPSA) is 22.4 Å². The van der Waals surface area contributed by atoms with Gasteiger partial charge in [0.1, 0.15) is 16.9 Å². The Kier molecular flexibility index (Phi) is 2.91. The van der Waals surface area contributed by atoms with Crippen LogP contribution in [0.25, 0.3) is 43.8 Å². The largest absolute Gasteiger partial charge is 0.497 e. The summed E-state index contributed by atoms with van der Waals surface area (Å²) in [4.78, 5) is 0. The molecule has 2 nitrogen and oxygen atoms in total. The summed E-state index contributed by atoms with van der Waals surface area (Å²) in [6, 6.07) is 18.9. The van der Waals surface area contributed by atoms with Gasteiger partial charge in [-0.3, -0.25) is 0 Å². The molecule has 3 heteroatoms. The first-order valence-corrected chi connectivity index (χ1v) is 8.74. The number of ether oxygens (including phenoxy) is 1. The van der Waals surface area contributed by atoms with Crippen LogP contribution < -0.4 is 4.74 Å². The van der Waals surface area contributed by atoms with Crippen LogP contribution in [0.15, 0.2) is 69.8 Å². The Labute approximate surface area is 142 Å². The minimum atomic E-state index is 0.808. The summed E-state index contributed by atoms with van der Waals surface area (Å²) in [7, 11) is 1.68. The van der Waals surface area contributed by atoms with Crippen molar-refractivity contribution in [3.05, 3.63) is 65.4 Å². The van der Waals surface area contributed by atoms with Crippen LogP contribution in [0, 0.1) is 0 Å². The van der Waals surface area contributed by atoms with Gasteiger partial charge in [-0.25, -0.2) is 0 Å². The van der Waals surface area contributed by atoms with Crippen molar-refractivity contribution in [3.8, 4) is 16.9 Å². The second-order valence-corrected chi connectivity index (χ2v) is 6.61. The van der Waals surface area contributed by atoms with Gasteiger partial charge in [-0.2, -0.15) is 11.3 Å². The van der Waals surface area contributed by atoms with E-state index in [9.17, 15) is 0 Å². The Balaban J connectivity index is 2.01. The highest BCUT2D eigenvalue weighted by molar-refractivity contribution is 7.08. The normalized spacial score (nSPS) is 11.5. The lowest BCUT2D eigenvalue weighted by Crippen LogP contribution is -1.81. The van der Waals surface area contributed by atoms with Crippen LogP contribution in [0.2, 0.25) is 0 Å². The Bertz CT molecular complexity index is 1180. The summed E-state index contributed by atoms with van der Waals surface area (Å²) in [5.41, 5.74) is 4.13. The van der Waals surface area contributed by atoms with Gasteiger partial charge >= 0.3 is 0 Å². The molecule has 0 unspecified atom stereocenters. The molecule has 0 aliphatic rings. The van der Waals surface area contributed by atoms with Crippen molar-refractivity contribution in [2.45, 2.75) is 0 Å². The Morgan fingerprint density at radius 1 is 0.958 bits per heavy atom. The minimum absolute atomic E-state index is 0.808. The predicted molar refractivity (Wildman–Crippen MR) is 101 cm³/mol. The van der Waals surface area contributed by atoms with E-state index in [0.29, 0.717) is 0 Å². The summed E-state index contributed by atoms with van der Waals surface area (Å²) in [5.74, 6) is 0.808. The van der Waals surface area contributed by atoms with Crippen LogP contribution in [0.4, 0.5) is 0 Å². The third-order valence-corrected chi connectivity index (χ3v) is 5.19. The second-order valence-electron chi connectivity index (χ2n) is 5.83. The number of methoxy groups -OCH3 is 1. The standard InChI is InChI=1S/C21H14O2S/c1-22-15-6-7-17-19(11-15)23-21-18(14-8-9-24-12-14)10-13-4-2-3-5-16(13)20(17)21/h2-12H,1H3. The van der Waals surface area contributed by atoms with Crippen LogP contribution in [-0.2, 0) is 0 Å². The molecule has 116 valence electrons. The van der Waals surface area contributed by atoms with Crippen LogP contribution in [0.1, 0.15) is 0 Å². The second kappa shape index (κ2) is 5.11. The van der Waals surface area contributed by atoms with Gasteiger partial charge in [0.25, 0.3) is 0 Å². The number of fused-ring (bicyclic) bond motifs is 5. The minimum Gasteiger partial charge on any atom is -0.497 e. The molecule has 0 saturated carbocycles. The fraction of sp³-hybridized carbons (Fsp3) is 0.0476. The summed E-state index contributed by atoms with van der Waals surface area (Å²) in [6.07, 6.45) is 0. The van der Waals surface area contributed by atoms with Crippen LogP contribution in [-0.4, -0.2) is 7.11 Å². The third-order valence-electron chi connectivity index (χ3n) is 4.50. The van der Waals surface area contributed by atoms with Crippen molar-refractivity contribution in [3.63, 3.8) is 0 Å². The van der Waals surface area contributed by atoms with E-state index < -0.39 is 0 Å². The van der Waals surface area contributed by atoms with E-state index in [1.807, 2.05) is 12.1 Å². The lowest BCUT2D eigenvalue weighted by Gasteiger charge is -2.05. The van der Waals surface area contributed by atoms with E-state index in [1.54, 1.807) is 18.4 Å². The Morgan fingerprint density at radius 2 is 1.88 bits per heavy atom. The molecular formula is C21H14O2S. The molecule has 5 rings (SSSR count). The zero-order chi connectivity index (χ0) is 16.1. The number of thiophene rings is 1. The van der Waals surface area contributed by atoms with Crippen molar-refractivity contribution in [1.29, 1.82) is 0 Å². The molecule has 2 heterocycles. The highest BCUT2D eigenvalue weighted by Gasteiger charge is 2.16. The average Bonchev–Trinajstić information content (AvgIpc) is 3.28. The molecule has 0 bridgehead atoms. The van der Waals surface area contributed by atoms with Gasteiger partial charge in [0.2, 0.25) is 0 Å². The van der Waals surface area contributed by atoms with E-state index >= 15 is 0 Å². The monoisotopic (exact) mass is 330 g/mol. The van der Waals surface area contributed by atoms with Gasteiger partial charge < -0.3 is 9.15 Å². The maximum atomic E-state index is 6.28. The number of hydrogen-bond acceptors (Lipinski definition) is 3. The average molecular weight is 330 g/mol. The molecule has 0 fully saturated rings. The maximum absolute atomic E-state index is 6.28. The van der Waals surface area contributed by atoms with Crippen molar-refractivity contribution < 1.29 is 9.15 Å². The summed E-state index contributed by atoms with van der Waals surface area (Å²) < 4.78 is 11.6. The van der Waals surface area contributed by atoms with Crippen LogP contribution in [0.3, 0.4) is 0 Å². The number of benzene rings is 3. The van der Waals surface area contributed by atoms with E-state index in [2.05, 4.69) is 53.2 Å². The van der Waals surface area contributed by atoms with E-state index in [-0.39, 0.29) is 0 Å². The third kappa shape index (κ3) is 1.88. The molecular weight excluding hydrogens is 316 g/mol. The highest BCUT2D eigenvalue weighted by Crippen LogP contribution is 2.41. The van der Waals surface area contributed by atoms with Crippen molar-refractivity contribution in [2.24, 2.45) is 0 Å². The van der Waals surface area contributed by atoms with E-state index in [4.69, 9.17) is 9.15 Å². The highest BCUT2D eigenvalue weighted by atomic mass is 32.1. The first-order chi connectivity index (χ1) is 11.8. The molecule has 0 atom stereocenters. The van der Waals surface area contributed by atoms with Gasteiger partial charge in [0, 0.05) is 22.4 Å². The fourth-order valence-electron chi connectivity index (χ4n) is 3.36. The molecule has 0 amide bonds. The molecule has 0 aliphatic carbocycles. The first kappa shape index (κ1) is 13.6. The summed E-state index contributed by atoms with van der Waals surface area (Å²) in [5, 5.41) is 9.01. The quantitative estimate of drug-likeness (QED) is 0.370. The SMILES string of the molecule is COc1ccc2c(c1)oc1c(-c3ccsc3)cc3ccccc3c12. The molecule has 0 saturated heterocycles. The smallest absolute Gasteiger partial charge is 0.143 e. The first-order valence-electron chi connectivity index (χ1n) is 7.80. The maximum Gasteiger partial charge on any atom is 0.143 e. The van der Waals surface area contributed by atoms with Gasteiger partial charge in [0.05, 0.1) is 7.11 Å². The zero-order valence-electron chi connectivity index (χ0n) is 13.1. The molecule has 0 spiro atoms. The Hall–Kier alpha value is -2.78. The molecule has 24 heavy (non-hydrogen) atoms. The molecule has 3 aromatic carbocycles. The summed E-state index contributed by atoms with van der Waals surface area (Å²) >= 11 is 1.70. The lowest BCUT2D eigenvalue weighted by molar-refractivity contribution is 0.414. The summed E-state index contributed by atoms with van der Waals surface area (Å²) in [6.45, 7) is 0. The van der Waals surface area contributed by atoms with Crippen molar-refractivity contribution in [2.75, 3.05) is 7.11 Å². The molecule has 0 N–H and O–H groups in total. The molecule has 0 radical (unpaired) electrons. The van der Waals surface area contributed by atoms with Crippen LogP contribution in [0.5, 0.6) is 5.75 Å². The van der Waals surface area contributed by atoms with E-state index in [1.165, 1.54) is 21.7 Å². The van der Waals surface area contributed by atoms with Gasteiger partial charge in [-0.1, -0.05) is 24.3 Å². The van der Waals surface area contributed by atoms with Crippen LogP contribution >= 0.6 is 11.3 Å². The number of hydrogen-bond donors (Lipinski definition) is 0. The molecule has 2 aromatic heterocycles. The van der Waals surface area contributed by atoms with Gasteiger partial charge in [-0.05, 0) is 51.4 Å². The fourth-order valence-corrected chi connectivity index (χ4v) is 4.02. The molecule has 0 aliphatic heterocycles. The predicted octanol–water partition coefficient (Wildman–Crippen LogP) is 6.48. The lowest BCUT2D eigenvalue weighted by atomic mass is 9.98. The Morgan fingerprint density at radius 3 is 2.71 bits per heavy atom. The number of rotatable bonds is 2. The van der Waals surface area contributed by atoms with Gasteiger partial charge in [0.15, 0.2) is 0 Å². The molecule has 5 aromatic rings.